The quantitative estimate of drug-likeness (QED) is 0.555. The first-order chi connectivity index (χ1) is 8.06. The summed E-state index contributed by atoms with van der Waals surface area (Å²) in [7, 11) is 0. The van der Waals surface area contributed by atoms with Crippen molar-refractivity contribution in [2.75, 3.05) is 0 Å². The van der Waals surface area contributed by atoms with Gasteiger partial charge >= 0.3 is 0 Å². The Labute approximate surface area is 103 Å². The first-order valence-corrected chi connectivity index (χ1v) is 6.05. The topological polar surface area (TPSA) is 17.6 Å². The number of rotatable bonds is 4. The van der Waals surface area contributed by atoms with E-state index in [0.717, 1.165) is 6.67 Å². The molecular weight excluding hydrogens is 212 g/mol. The smallest absolute Gasteiger partial charge is 0.207 e. The maximum absolute atomic E-state index is 3.28. The fraction of sp³-hybridized carbons (Fsp3) is 0.538. The third-order valence-electron chi connectivity index (χ3n) is 2.72. The third kappa shape index (κ3) is 2.75. The number of aromatic nitrogens is 4. The van der Waals surface area contributed by atoms with Crippen LogP contribution in [0.1, 0.15) is 39.8 Å². The van der Waals surface area contributed by atoms with Crippen molar-refractivity contribution in [3.05, 3.63) is 37.4 Å². The first kappa shape index (κ1) is 11.9. The lowest BCUT2D eigenvalue weighted by molar-refractivity contribution is -0.720. The summed E-state index contributed by atoms with van der Waals surface area (Å²) < 4.78 is 8.20. The predicted octanol–water partition coefficient (Wildman–Crippen LogP) is 1.13. The fourth-order valence-corrected chi connectivity index (χ4v) is 1.63. The Kier molecular flexibility index (Phi) is 3.31. The highest BCUT2D eigenvalue weighted by Gasteiger charge is 2.03. The van der Waals surface area contributed by atoms with Crippen LogP contribution in [-0.2, 0) is 6.67 Å². The highest BCUT2D eigenvalue weighted by molar-refractivity contribution is 4.70. The zero-order valence-electron chi connectivity index (χ0n) is 11.0. The molecule has 4 nitrogen and oxygen atoms in total. The van der Waals surface area contributed by atoms with Gasteiger partial charge in [-0.3, -0.25) is 0 Å². The number of hydrogen-bond donors (Lipinski definition) is 0. The molecule has 0 aromatic carbocycles. The van der Waals surface area contributed by atoms with E-state index in [1.807, 2.05) is 33.9 Å². The van der Waals surface area contributed by atoms with E-state index in [1.165, 1.54) is 0 Å². The van der Waals surface area contributed by atoms with Gasteiger partial charge in [0, 0.05) is 0 Å². The van der Waals surface area contributed by atoms with Crippen LogP contribution >= 0.6 is 0 Å². The van der Waals surface area contributed by atoms with Crippen LogP contribution in [0.5, 0.6) is 0 Å². The molecule has 2 rings (SSSR count). The summed E-state index contributed by atoms with van der Waals surface area (Å²) in [5.74, 6) is 0. The number of hydrogen-bond acceptors (Lipinski definition) is 0. The van der Waals surface area contributed by atoms with Crippen LogP contribution in [0.25, 0.3) is 0 Å². The summed E-state index contributed by atoms with van der Waals surface area (Å²) in [5, 5.41) is 0. The van der Waals surface area contributed by atoms with Crippen molar-refractivity contribution in [2.24, 2.45) is 0 Å². The van der Waals surface area contributed by atoms with Gasteiger partial charge in [0.25, 0.3) is 0 Å². The Hall–Kier alpha value is -1.58. The molecule has 0 aliphatic rings. The van der Waals surface area contributed by atoms with Gasteiger partial charge < -0.3 is 18.3 Å². The van der Waals surface area contributed by atoms with Crippen molar-refractivity contribution in [3.63, 3.8) is 0 Å². The van der Waals surface area contributed by atoms with Crippen molar-refractivity contribution < 1.29 is 9.13 Å². The molecule has 0 saturated carbocycles. The summed E-state index contributed by atoms with van der Waals surface area (Å²) in [5.41, 5.74) is 0. The van der Waals surface area contributed by atoms with Crippen molar-refractivity contribution >= 4 is 0 Å². The van der Waals surface area contributed by atoms with Gasteiger partial charge in [0.15, 0.2) is 6.67 Å². The molecule has 0 atom stereocenters. The van der Waals surface area contributed by atoms with E-state index in [-0.39, 0.29) is 0 Å². The zero-order chi connectivity index (χ0) is 12.4. The van der Waals surface area contributed by atoms with E-state index < -0.39 is 0 Å². The molecule has 0 unspecified atom stereocenters. The molecule has 17 heavy (non-hydrogen) atoms. The van der Waals surface area contributed by atoms with Gasteiger partial charge in [-0.15, -0.1) is 0 Å². The Morgan fingerprint density at radius 1 is 0.882 bits per heavy atom. The van der Waals surface area contributed by atoms with Crippen molar-refractivity contribution in [2.45, 2.75) is 46.4 Å². The van der Waals surface area contributed by atoms with Gasteiger partial charge in [-0.2, -0.15) is 0 Å². The standard InChI is InChI=1S/C13H20N4/c1-12(2)16-7-5-14(10-16)9-15-6-8-17(11-15)13(3)4/h5-8,12-13H,9H2,1-4H3. The summed E-state index contributed by atoms with van der Waals surface area (Å²) in [4.78, 5) is 0. The van der Waals surface area contributed by atoms with Crippen LogP contribution < -0.4 is 9.13 Å². The summed E-state index contributed by atoms with van der Waals surface area (Å²) >= 11 is 0. The molecule has 0 radical (unpaired) electrons. The molecule has 0 fully saturated rings. The second-order valence-electron chi connectivity index (χ2n) is 4.88. The predicted molar refractivity (Wildman–Crippen MR) is 63.1 cm³/mol. The lowest BCUT2D eigenvalue weighted by Gasteiger charge is -2.05. The lowest BCUT2D eigenvalue weighted by atomic mass is 10.4. The molecular formula is C13H20N4. The molecule has 4 heteroatoms. The largest absolute Gasteiger partial charge is 0.349 e. The lowest BCUT2D eigenvalue weighted by Crippen LogP contribution is -2.35. The van der Waals surface area contributed by atoms with E-state index in [2.05, 4.69) is 49.5 Å². The second kappa shape index (κ2) is 4.73. The maximum atomic E-state index is 3.28. The Bertz CT molecular complexity index is 435. The monoisotopic (exact) mass is 232 g/mol. The molecule has 0 N–H and O–H groups in total. The molecule has 0 amide bonds. The summed E-state index contributed by atoms with van der Waals surface area (Å²) in [6.07, 6.45) is 14.7. The van der Waals surface area contributed by atoms with Gasteiger partial charge in [0.05, 0.1) is 12.1 Å². The van der Waals surface area contributed by atoms with Crippen LogP contribution in [0.15, 0.2) is 24.8 Å². The average molecular weight is 232 g/mol. The van der Waals surface area contributed by atoms with E-state index in [4.69, 9.17) is 0 Å². The van der Waals surface area contributed by atoms with Crippen molar-refractivity contribution in [1.82, 2.24) is 9.13 Å². The van der Waals surface area contributed by atoms with Crippen LogP contribution in [0, 0.1) is 12.7 Å². The van der Waals surface area contributed by atoms with Crippen LogP contribution in [0.4, 0.5) is 0 Å². The second-order valence-corrected chi connectivity index (χ2v) is 4.88. The van der Waals surface area contributed by atoms with Crippen molar-refractivity contribution in [1.29, 1.82) is 0 Å². The molecule has 92 valence electrons. The minimum Gasteiger partial charge on any atom is -0.349 e. The van der Waals surface area contributed by atoms with Gasteiger partial charge in [0.1, 0.15) is 0 Å². The number of nitrogens with zero attached hydrogens (tertiary/aromatic N) is 4. The minimum absolute atomic E-state index is 0.450. The average Bonchev–Trinajstić information content (AvgIpc) is 2.87. The van der Waals surface area contributed by atoms with E-state index in [1.54, 1.807) is 0 Å². The van der Waals surface area contributed by atoms with Gasteiger partial charge in [-0.25, -0.2) is 0 Å². The van der Waals surface area contributed by atoms with E-state index in [9.17, 15) is 0 Å². The summed E-state index contributed by atoms with van der Waals surface area (Å²) in [6, 6.07) is 0.899. The third-order valence-corrected chi connectivity index (χ3v) is 2.72. The van der Waals surface area contributed by atoms with Crippen LogP contribution in [-0.4, -0.2) is 9.13 Å². The molecule has 0 bridgehead atoms. The Morgan fingerprint density at radius 2 is 1.29 bits per heavy atom. The molecule has 0 saturated heterocycles. The minimum atomic E-state index is 0.450. The molecule has 0 aliphatic heterocycles. The molecule has 2 heterocycles. The fourth-order valence-electron chi connectivity index (χ4n) is 1.63. The molecule has 2 aromatic rings. The van der Waals surface area contributed by atoms with Gasteiger partial charge in [0.2, 0.25) is 12.7 Å². The number of imidazole rings is 2. The van der Waals surface area contributed by atoms with Gasteiger partial charge in [-0.05, 0) is 52.5 Å². The molecule has 0 aliphatic carbocycles. The zero-order valence-corrected chi connectivity index (χ0v) is 11.0. The molecule has 2 aromatic heterocycles. The van der Waals surface area contributed by atoms with Gasteiger partial charge in [-0.1, -0.05) is 0 Å². The summed E-state index contributed by atoms with van der Waals surface area (Å²) in [6.45, 7) is 9.34. The highest BCUT2D eigenvalue weighted by atomic mass is 15.2. The van der Waals surface area contributed by atoms with E-state index >= 15 is 0 Å². The molecule has 0 spiro atoms. The van der Waals surface area contributed by atoms with E-state index in [0.29, 0.717) is 12.1 Å². The normalized spacial score (nSPS) is 11.6. The van der Waals surface area contributed by atoms with Crippen molar-refractivity contribution in [3.8, 4) is 0 Å². The first-order valence-electron chi connectivity index (χ1n) is 6.05. The van der Waals surface area contributed by atoms with Crippen LogP contribution in [0.2, 0.25) is 0 Å². The van der Waals surface area contributed by atoms with Crippen LogP contribution in [0.3, 0.4) is 0 Å². The maximum Gasteiger partial charge on any atom is 0.207 e. The SMILES string of the molecule is CC(C)[n+]1[c-]n(Cn2[c-][n+](C(C)C)cc2)cc1. The Balaban J connectivity index is 2.08. The Morgan fingerprint density at radius 3 is 1.59 bits per heavy atom. The highest BCUT2D eigenvalue weighted by Crippen LogP contribution is 1.95.